The van der Waals surface area contributed by atoms with Crippen LogP contribution >= 0.6 is 0 Å². The number of hydrogen-bond acceptors (Lipinski definition) is 2. The molecule has 0 unspecified atom stereocenters. The van der Waals surface area contributed by atoms with E-state index in [0.29, 0.717) is 0 Å². The van der Waals surface area contributed by atoms with Crippen molar-refractivity contribution in [3.05, 3.63) is 12.2 Å². The standard InChI is InChI=1S/C8H16N2/c1-4-5-6-9-10-7-8(2)3/h7,9H,2,4-6H2,1,3H3. The van der Waals surface area contributed by atoms with Crippen LogP contribution in [0, 0.1) is 0 Å². The first kappa shape index (κ1) is 9.21. The number of allylic oxidation sites excluding steroid dienone is 1. The number of nitrogens with one attached hydrogen (secondary N) is 1. The summed E-state index contributed by atoms with van der Waals surface area (Å²) >= 11 is 0. The lowest BCUT2D eigenvalue weighted by Gasteiger charge is -1.95. The largest absolute Gasteiger partial charge is 0.310 e. The van der Waals surface area contributed by atoms with Gasteiger partial charge in [-0.1, -0.05) is 19.9 Å². The molecular formula is C8H16N2. The Hall–Kier alpha value is -0.790. The SMILES string of the molecule is C=C(C)C=NNCCCC. The van der Waals surface area contributed by atoms with Gasteiger partial charge in [-0.25, -0.2) is 0 Å². The summed E-state index contributed by atoms with van der Waals surface area (Å²) in [4.78, 5) is 0. The van der Waals surface area contributed by atoms with Crippen LogP contribution in [0.1, 0.15) is 26.7 Å². The predicted octanol–water partition coefficient (Wildman–Crippen LogP) is 1.94. The first-order valence-corrected chi connectivity index (χ1v) is 3.68. The average Bonchev–Trinajstić information content (AvgIpc) is 1.87. The molecule has 1 N–H and O–H groups in total. The molecule has 0 heterocycles. The fourth-order valence-corrected chi connectivity index (χ4v) is 0.476. The van der Waals surface area contributed by atoms with E-state index in [2.05, 4.69) is 24.0 Å². The molecule has 0 aromatic carbocycles. The van der Waals surface area contributed by atoms with Crippen LogP contribution in [0.3, 0.4) is 0 Å². The van der Waals surface area contributed by atoms with Gasteiger partial charge in [0.05, 0.1) is 0 Å². The Morgan fingerprint density at radius 1 is 1.70 bits per heavy atom. The monoisotopic (exact) mass is 140 g/mol. The zero-order valence-corrected chi connectivity index (χ0v) is 6.85. The van der Waals surface area contributed by atoms with Crippen LogP contribution in [0.2, 0.25) is 0 Å². The van der Waals surface area contributed by atoms with E-state index in [1.54, 1.807) is 6.21 Å². The van der Waals surface area contributed by atoms with Gasteiger partial charge in [0.15, 0.2) is 0 Å². The minimum Gasteiger partial charge on any atom is -0.310 e. The number of hydrogen-bond donors (Lipinski definition) is 1. The molecule has 0 aromatic rings. The number of hydrazone groups is 1. The maximum Gasteiger partial charge on any atom is 0.0491 e. The molecular weight excluding hydrogens is 124 g/mol. The molecule has 0 spiro atoms. The molecule has 0 aliphatic carbocycles. The molecule has 2 heteroatoms. The number of unbranched alkanes of at least 4 members (excludes halogenated alkanes) is 1. The third kappa shape index (κ3) is 7.21. The lowest BCUT2D eigenvalue weighted by atomic mass is 10.3. The highest BCUT2D eigenvalue weighted by Crippen LogP contribution is 1.82. The fourth-order valence-electron chi connectivity index (χ4n) is 0.476. The normalized spacial score (nSPS) is 10.2. The van der Waals surface area contributed by atoms with Gasteiger partial charge in [0.25, 0.3) is 0 Å². The lowest BCUT2D eigenvalue weighted by Crippen LogP contribution is -2.06. The van der Waals surface area contributed by atoms with Gasteiger partial charge in [0, 0.05) is 12.8 Å². The van der Waals surface area contributed by atoms with Gasteiger partial charge >= 0.3 is 0 Å². The van der Waals surface area contributed by atoms with Crippen LogP contribution in [-0.4, -0.2) is 12.8 Å². The highest BCUT2D eigenvalue weighted by atomic mass is 15.3. The van der Waals surface area contributed by atoms with Gasteiger partial charge < -0.3 is 5.43 Å². The zero-order chi connectivity index (χ0) is 7.82. The van der Waals surface area contributed by atoms with Crippen LogP contribution in [0.15, 0.2) is 17.3 Å². The van der Waals surface area contributed by atoms with E-state index < -0.39 is 0 Å². The summed E-state index contributed by atoms with van der Waals surface area (Å²) in [5.41, 5.74) is 3.90. The Morgan fingerprint density at radius 2 is 2.40 bits per heavy atom. The molecule has 0 atom stereocenters. The zero-order valence-electron chi connectivity index (χ0n) is 6.85. The van der Waals surface area contributed by atoms with Crippen LogP contribution in [0.5, 0.6) is 0 Å². The molecule has 0 amide bonds. The Labute approximate surface area is 63.0 Å². The van der Waals surface area contributed by atoms with Gasteiger partial charge in [-0.15, -0.1) is 0 Å². The van der Waals surface area contributed by atoms with Crippen LogP contribution in [0.4, 0.5) is 0 Å². The minimum atomic E-state index is 0.959. The summed E-state index contributed by atoms with van der Waals surface area (Å²) in [7, 11) is 0. The quantitative estimate of drug-likeness (QED) is 0.352. The summed E-state index contributed by atoms with van der Waals surface area (Å²) < 4.78 is 0. The van der Waals surface area contributed by atoms with Crippen LogP contribution in [0.25, 0.3) is 0 Å². The van der Waals surface area contributed by atoms with Crippen molar-refractivity contribution < 1.29 is 0 Å². The Balaban J connectivity index is 3.10. The summed E-state index contributed by atoms with van der Waals surface area (Å²) in [5.74, 6) is 0. The summed E-state index contributed by atoms with van der Waals surface area (Å²) in [6.45, 7) is 8.72. The number of nitrogens with zero attached hydrogens (tertiary/aromatic N) is 1. The summed E-state index contributed by atoms with van der Waals surface area (Å²) in [5, 5.41) is 3.93. The van der Waals surface area contributed by atoms with Crippen molar-refractivity contribution in [2.75, 3.05) is 6.54 Å². The predicted molar refractivity (Wildman–Crippen MR) is 46.2 cm³/mol. The van der Waals surface area contributed by atoms with Crippen molar-refractivity contribution in [1.29, 1.82) is 0 Å². The molecule has 0 bridgehead atoms. The van der Waals surface area contributed by atoms with E-state index >= 15 is 0 Å². The highest BCUT2D eigenvalue weighted by molar-refractivity contribution is 5.76. The van der Waals surface area contributed by atoms with Gasteiger partial charge in [0.2, 0.25) is 0 Å². The van der Waals surface area contributed by atoms with Crippen molar-refractivity contribution in [2.24, 2.45) is 5.10 Å². The minimum absolute atomic E-state index is 0.959. The van der Waals surface area contributed by atoms with Crippen molar-refractivity contribution >= 4 is 6.21 Å². The van der Waals surface area contributed by atoms with E-state index in [9.17, 15) is 0 Å². The average molecular weight is 140 g/mol. The molecule has 0 saturated heterocycles. The third-order valence-electron chi connectivity index (χ3n) is 1.02. The third-order valence-corrected chi connectivity index (χ3v) is 1.02. The smallest absolute Gasteiger partial charge is 0.0491 e. The van der Waals surface area contributed by atoms with Crippen molar-refractivity contribution in [3.63, 3.8) is 0 Å². The molecule has 2 nitrogen and oxygen atoms in total. The Morgan fingerprint density at radius 3 is 2.90 bits per heavy atom. The van der Waals surface area contributed by atoms with Gasteiger partial charge in [-0.2, -0.15) is 5.10 Å². The maximum atomic E-state index is 3.93. The molecule has 0 rings (SSSR count). The van der Waals surface area contributed by atoms with Crippen molar-refractivity contribution in [2.45, 2.75) is 26.7 Å². The Kier molecular flexibility index (Phi) is 5.83. The molecule has 0 aliphatic heterocycles. The summed E-state index contributed by atoms with van der Waals surface area (Å²) in [6.07, 6.45) is 4.11. The first-order valence-electron chi connectivity index (χ1n) is 3.68. The van der Waals surface area contributed by atoms with Gasteiger partial charge in [-0.3, -0.25) is 0 Å². The van der Waals surface area contributed by atoms with E-state index in [-0.39, 0.29) is 0 Å². The second kappa shape index (κ2) is 6.33. The first-order chi connectivity index (χ1) is 4.77. The number of rotatable bonds is 5. The Bertz CT molecular complexity index is 116. The molecule has 0 saturated carbocycles. The second-order valence-electron chi connectivity index (χ2n) is 2.37. The summed E-state index contributed by atoms with van der Waals surface area (Å²) in [6, 6.07) is 0. The lowest BCUT2D eigenvalue weighted by molar-refractivity contribution is 0.673. The molecule has 10 heavy (non-hydrogen) atoms. The van der Waals surface area contributed by atoms with E-state index in [1.165, 1.54) is 12.8 Å². The molecule has 0 radical (unpaired) electrons. The van der Waals surface area contributed by atoms with Gasteiger partial charge in [-0.05, 0) is 18.9 Å². The van der Waals surface area contributed by atoms with E-state index in [4.69, 9.17) is 0 Å². The van der Waals surface area contributed by atoms with Crippen LogP contribution in [-0.2, 0) is 0 Å². The van der Waals surface area contributed by atoms with Crippen molar-refractivity contribution in [3.8, 4) is 0 Å². The van der Waals surface area contributed by atoms with Gasteiger partial charge in [0.1, 0.15) is 0 Å². The van der Waals surface area contributed by atoms with E-state index in [1.807, 2.05) is 6.92 Å². The van der Waals surface area contributed by atoms with Crippen molar-refractivity contribution in [1.82, 2.24) is 5.43 Å². The highest BCUT2D eigenvalue weighted by Gasteiger charge is 1.78. The molecule has 0 aromatic heterocycles. The van der Waals surface area contributed by atoms with Crippen LogP contribution < -0.4 is 5.43 Å². The second-order valence-corrected chi connectivity index (χ2v) is 2.37. The molecule has 0 fully saturated rings. The van der Waals surface area contributed by atoms with E-state index in [0.717, 1.165) is 12.1 Å². The molecule has 58 valence electrons. The fraction of sp³-hybridized carbons (Fsp3) is 0.625. The topological polar surface area (TPSA) is 24.4 Å². The molecule has 0 aliphatic rings. The maximum absolute atomic E-state index is 3.93.